The van der Waals surface area contributed by atoms with E-state index in [2.05, 4.69) is 11.6 Å². The summed E-state index contributed by atoms with van der Waals surface area (Å²) >= 11 is 7.33. The zero-order chi connectivity index (χ0) is 24.4. The lowest BCUT2D eigenvalue weighted by Crippen LogP contribution is -2.39. The highest BCUT2D eigenvalue weighted by molar-refractivity contribution is 7.07. The average Bonchev–Trinajstić information content (AvgIpc) is 3.10. The van der Waals surface area contributed by atoms with Crippen LogP contribution in [0.1, 0.15) is 36.6 Å². The second-order valence-electron chi connectivity index (χ2n) is 7.73. The minimum absolute atomic E-state index is 0.177. The van der Waals surface area contributed by atoms with E-state index in [9.17, 15) is 14.7 Å². The summed E-state index contributed by atoms with van der Waals surface area (Å²) in [5.74, 6) is -0.332. The number of hydrogen-bond acceptors (Lipinski definition) is 6. The van der Waals surface area contributed by atoms with Crippen LogP contribution in [-0.2, 0) is 16.0 Å². The molecule has 0 aliphatic carbocycles. The number of carbonyl (C=O) groups is 1. The van der Waals surface area contributed by atoms with E-state index in [0.717, 1.165) is 16.7 Å². The predicted octanol–water partition coefficient (Wildman–Crippen LogP) is 3.89. The van der Waals surface area contributed by atoms with E-state index >= 15 is 0 Å². The van der Waals surface area contributed by atoms with E-state index in [4.69, 9.17) is 16.3 Å². The summed E-state index contributed by atoms with van der Waals surface area (Å²) in [7, 11) is 0. The van der Waals surface area contributed by atoms with Crippen LogP contribution in [0.3, 0.4) is 0 Å². The zero-order valence-electron chi connectivity index (χ0n) is 18.7. The summed E-state index contributed by atoms with van der Waals surface area (Å²) < 4.78 is 7.29. The minimum Gasteiger partial charge on any atom is -0.508 e. The van der Waals surface area contributed by atoms with Crippen molar-refractivity contribution >= 4 is 35.0 Å². The van der Waals surface area contributed by atoms with E-state index in [1.165, 1.54) is 15.9 Å². The maximum Gasteiger partial charge on any atom is 0.338 e. The fraction of sp³-hybridized carbons (Fsp3) is 0.192. The predicted molar refractivity (Wildman–Crippen MR) is 134 cm³/mol. The number of halogens is 1. The third-order valence-corrected chi connectivity index (χ3v) is 6.70. The Hall–Kier alpha value is -3.42. The van der Waals surface area contributed by atoms with Gasteiger partial charge in [0.15, 0.2) is 4.80 Å². The number of ether oxygens (including phenoxy) is 1. The van der Waals surface area contributed by atoms with Gasteiger partial charge >= 0.3 is 5.97 Å². The van der Waals surface area contributed by atoms with E-state index < -0.39 is 12.0 Å². The number of phenols is 1. The lowest BCUT2D eigenvalue weighted by Gasteiger charge is -2.24. The molecule has 1 aliphatic heterocycles. The van der Waals surface area contributed by atoms with Crippen molar-refractivity contribution < 1.29 is 14.6 Å². The molecule has 0 fully saturated rings. The second kappa shape index (κ2) is 9.83. The third kappa shape index (κ3) is 4.49. The Morgan fingerprint density at radius 3 is 2.71 bits per heavy atom. The number of benzene rings is 2. The molecule has 34 heavy (non-hydrogen) atoms. The maximum absolute atomic E-state index is 13.6. The van der Waals surface area contributed by atoms with Crippen LogP contribution in [0, 0.1) is 0 Å². The Morgan fingerprint density at radius 2 is 2.03 bits per heavy atom. The first-order chi connectivity index (χ1) is 16.3. The van der Waals surface area contributed by atoms with Gasteiger partial charge in [-0.15, -0.1) is 6.58 Å². The number of carbonyl (C=O) groups excluding carboxylic acids is 1. The van der Waals surface area contributed by atoms with Crippen LogP contribution in [0.15, 0.2) is 76.2 Å². The van der Waals surface area contributed by atoms with Crippen LogP contribution in [0.2, 0.25) is 5.02 Å². The molecule has 2 heterocycles. The Balaban J connectivity index is 1.92. The van der Waals surface area contributed by atoms with Gasteiger partial charge in [0.05, 0.1) is 28.5 Å². The molecule has 4 rings (SSSR count). The monoisotopic (exact) mass is 494 g/mol. The molecule has 0 unspecified atom stereocenters. The first-order valence-electron chi connectivity index (χ1n) is 10.7. The number of aromatic hydroxyl groups is 1. The standard InChI is InChI=1S/C26H23ClN2O4S/c1-4-6-18-13-16(7-12-20(18)30)14-21-24(31)29-23(17-8-10-19(27)11-9-17)22(25(32)33-5-2)15(3)28-26(29)34-21/h4,7-14,23,30H,1,5-6H2,2-3H3/b21-14+/t23-/m1/s1. The molecule has 1 N–H and O–H groups in total. The van der Waals surface area contributed by atoms with Crippen molar-refractivity contribution in [3.63, 3.8) is 0 Å². The number of phenolic OH excluding ortho intramolecular Hbond substituents is 1. The average molecular weight is 495 g/mol. The quantitative estimate of drug-likeness (QED) is 0.416. The fourth-order valence-corrected chi connectivity index (χ4v) is 5.09. The second-order valence-corrected chi connectivity index (χ2v) is 9.18. The van der Waals surface area contributed by atoms with Gasteiger partial charge in [-0.2, -0.15) is 0 Å². The van der Waals surface area contributed by atoms with Crippen molar-refractivity contribution in [1.82, 2.24) is 4.57 Å². The molecule has 0 saturated heterocycles. The number of rotatable bonds is 6. The summed E-state index contributed by atoms with van der Waals surface area (Å²) in [5, 5.41) is 10.6. The van der Waals surface area contributed by atoms with Crippen LogP contribution in [0.25, 0.3) is 6.08 Å². The van der Waals surface area contributed by atoms with Gasteiger partial charge < -0.3 is 9.84 Å². The third-order valence-electron chi connectivity index (χ3n) is 5.47. The summed E-state index contributed by atoms with van der Waals surface area (Å²) in [6.07, 6.45) is 3.98. The highest BCUT2D eigenvalue weighted by Gasteiger charge is 2.33. The van der Waals surface area contributed by atoms with Crippen LogP contribution in [0.4, 0.5) is 0 Å². The molecule has 0 spiro atoms. The number of allylic oxidation sites excluding steroid dienone is 2. The first-order valence-corrected chi connectivity index (χ1v) is 11.9. The fourth-order valence-electron chi connectivity index (χ4n) is 3.92. The van der Waals surface area contributed by atoms with E-state index in [0.29, 0.717) is 32.0 Å². The summed E-state index contributed by atoms with van der Waals surface area (Å²) in [4.78, 5) is 31.5. The SMILES string of the molecule is C=CCc1cc(/C=c2/sc3n(c2=O)[C@H](c2ccc(Cl)cc2)C(C(=O)OCC)=C(C)N=3)ccc1O. The van der Waals surface area contributed by atoms with Crippen molar-refractivity contribution in [2.75, 3.05) is 6.61 Å². The van der Waals surface area contributed by atoms with Gasteiger partial charge in [0.25, 0.3) is 5.56 Å². The van der Waals surface area contributed by atoms with Gasteiger partial charge in [-0.05, 0) is 67.3 Å². The molecule has 0 radical (unpaired) electrons. The van der Waals surface area contributed by atoms with Gasteiger partial charge in [0.2, 0.25) is 0 Å². The summed E-state index contributed by atoms with van der Waals surface area (Å²) in [6.45, 7) is 7.41. The minimum atomic E-state index is -0.689. The lowest BCUT2D eigenvalue weighted by atomic mass is 9.96. The number of esters is 1. The topological polar surface area (TPSA) is 80.9 Å². The van der Waals surface area contributed by atoms with Crippen molar-refractivity contribution in [3.8, 4) is 5.75 Å². The molecule has 1 aliphatic rings. The smallest absolute Gasteiger partial charge is 0.338 e. The summed E-state index contributed by atoms with van der Waals surface area (Å²) in [5.41, 5.74) is 2.77. The molecular formula is C26H23ClN2O4S. The van der Waals surface area contributed by atoms with Crippen LogP contribution in [-0.4, -0.2) is 22.2 Å². The lowest BCUT2D eigenvalue weighted by molar-refractivity contribution is -0.139. The number of hydrogen-bond donors (Lipinski definition) is 1. The molecule has 0 amide bonds. The van der Waals surface area contributed by atoms with E-state index in [1.807, 2.05) is 6.07 Å². The van der Waals surface area contributed by atoms with Crippen molar-refractivity contribution in [1.29, 1.82) is 0 Å². The molecule has 1 aromatic heterocycles. The molecule has 2 aromatic carbocycles. The van der Waals surface area contributed by atoms with Crippen LogP contribution < -0.4 is 14.9 Å². The molecule has 6 nitrogen and oxygen atoms in total. The van der Waals surface area contributed by atoms with E-state index in [-0.39, 0.29) is 17.9 Å². The van der Waals surface area contributed by atoms with Gasteiger partial charge in [-0.3, -0.25) is 9.36 Å². The number of thiazole rings is 1. The Morgan fingerprint density at radius 1 is 1.29 bits per heavy atom. The molecule has 3 aromatic rings. The Bertz CT molecular complexity index is 1480. The van der Waals surface area contributed by atoms with Crippen LogP contribution in [0.5, 0.6) is 5.75 Å². The highest BCUT2D eigenvalue weighted by Crippen LogP contribution is 2.31. The zero-order valence-corrected chi connectivity index (χ0v) is 20.3. The molecule has 0 bridgehead atoms. The number of nitrogens with zero attached hydrogens (tertiary/aromatic N) is 2. The Kier molecular flexibility index (Phi) is 6.86. The largest absolute Gasteiger partial charge is 0.508 e. The maximum atomic E-state index is 13.6. The molecular weight excluding hydrogens is 472 g/mol. The Labute approximate surface area is 205 Å². The van der Waals surface area contributed by atoms with Gasteiger partial charge in [-0.25, -0.2) is 9.79 Å². The van der Waals surface area contributed by atoms with Crippen LogP contribution >= 0.6 is 22.9 Å². The van der Waals surface area contributed by atoms with Gasteiger partial charge in [-0.1, -0.05) is 47.2 Å². The van der Waals surface area contributed by atoms with Crippen molar-refractivity contribution in [3.05, 3.63) is 108 Å². The number of fused-ring (bicyclic) bond motifs is 1. The molecule has 174 valence electrons. The highest BCUT2D eigenvalue weighted by atomic mass is 35.5. The molecule has 1 atom stereocenters. The summed E-state index contributed by atoms with van der Waals surface area (Å²) in [6, 6.07) is 11.5. The first kappa shape index (κ1) is 23.7. The van der Waals surface area contributed by atoms with Gasteiger partial charge in [0.1, 0.15) is 5.75 Å². The molecule has 0 saturated carbocycles. The number of aromatic nitrogens is 1. The van der Waals surface area contributed by atoms with Gasteiger partial charge in [0, 0.05) is 5.02 Å². The van der Waals surface area contributed by atoms with E-state index in [1.54, 1.807) is 62.4 Å². The van der Waals surface area contributed by atoms with Crippen molar-refractivity contribution in [2.24, 2.45) is 4.99 Å². The van der Waals surface area contributed by atoms with Crippen molar-refractivity contribution in [2.45, 2.75) is 26.3 Å². The molecule has 8 heteroatoms. The normalized spacial score (nSPS) is 15.6.